The number of nitrogens with one attached hydrogen (secondary N) is 2. The van der Waals surface area contributed by atoms with Crippen LogP contribution in [0.15, 0.2) is 58.7 Å². The van der Waals surface area contributed by atoms with Crippen molar-refractivity contribution in [3.8, 4) is 0 Å². The monoisotopic (exact) mass is 478 g/mol. The predicted molar refractivity (Wildman–Crippen MR) is 138 cm³/mol. The summed E-state index contributed by atoms with van der Waals surface area (Å²) in [4.78, 5) is 32.5. The Morgan fingerprint density at radius 1 is 1.12 bits per heavy atom. The Labute approximate surface area is 204 Å². The highest BCUT2D eigenvalue weighted by molar-refractivity contribution is 8.13. The molecule has 2 aliphatic rings. The molecule has 8 heteroatoms. The Bertz CT molecular complexity index is 1160. The van der Waals surface area contributed by atoms with Crippen LogP contribution in [0.25, 0.3) is 0 Å². The van der Waals surface area contributed by atoms with E-state index in [0.29, 0.717) is 11.3 Å². The maximum Gasteiger partial charge on any atom is 0.255 e. The van der Waals surface area contributed by atoms with E-state index in [-0.39, 0.29) is 24.5 Å². The molecule has 7 nitrogen and oxygen atoms in total. The van der Waals surface area contributed by atoms with E-state index in [1.54, 1.807) is 11.8 Å². The first-order valence-electron chi connectivity index (χ1n) is 11.3. The molecule has 0 aliphatic carbocycles. The first-order valence-corrected chi connectivity index (χ1v) is 12.3. The van der Waals surface area contributed by atoms with Crippen LogP contribution >= 0.6 is 11.8 Å². The fraction of sp³-hybridized carbons (Fsp3) is 0.346. The van der Waals surface area contributed by atoms with Gasteiger partial charge in [0.25, 0.3) is 5.91 Å². The minimum absolute atomic E-state index is 0.000118. The lowest BCUT2D eigenvalue weighted by atomic mass is 9.93. The third-order valence-electron chi connectivity index (χ3n) is 5.92. The molecule has 0 bridgehead atoms. The average Bonchev–Trinajstić information content (AvgIpc) is 2.80. The zero-order chi connectivity index (χ0) is 24.2. The van der Waals surface area contributed by atoms with Crippen LogP contribution in [0.1, 0.15) is 36.1 Å². The number of rotatable bonds is 6. The lowest BCUT2D eigenvalue weighted by Gasteiger charge is -2.41. The van der Waals surface area contributed by atoms with E-state index < -0.39 is 0 Å². The van der Waals surface area contributed by atoms with Gasteiger partial charge in [-0.15, -0.1) is 0 Å². The van der Waals surface area contributed by atoms with E-state index in [1.165, 1.54) is 7.11 Å². The Morgan fingerprint density at radius 3 is 2.59 bits per heavy atom. The predicted octanol–water partition coefficient (Wildman–Crippen LogP) is 4.65. The second kappa shape index (κ2) is 10.4. The van der Waals surface area contributed by atoms with Gasteiger partial charge in [-0.1, -0.05) is 41.6 Å². The molecular weight excluding hydrogens is 448 g/mol. The smallest absolute Gasteiger partial charge is 0.255 e. The molecule has 1 saturated heterocycles. The maximum atomic E-state index is 13.6. The zero-order valence-electron chi connectivity index (χ0n) is 20.0. The van der Waals surface area contributed by atoms with Gasteiger partial charge in [-0.2, -0.15) is 0 Å². The summed E-state index contributed by atoms with van der Waals surface area (Å²) in [6.45, 7) is 6.77. The Morgan fingerprint density at radius 2 is 1.88 bits per heavy atom. The number of thioether (sulfide) groups is 1. The summed E-state index contributed by atoms with van der Waals surface area (Å²) in [5.74, 6) is 0.661. The minimum atomic E-state index is -0.255. The van der Waals surface area contributed by atoms with E-state index in [1.807, 2.05) is 57.2 Å². The maximum absolute atomic E-state index is 13.6. The number of amidine groups is 1. The summed E-state index contributed by atoms with van der Waals surface area (Å²) in [5, 5.41) is 6.89. The highest BCUT2D eigenvalue weighted by Crippen LogP contribution is 2.40. The molecule has 2 aliphatic heterocycles. The third kappa shape index (κ3) is 5.18. The Balaban J connectivity index is 1.67. The molecule has 0 aromatic heterocycles. The summed E-state index contributed by atoms with van der Waals surface area (Å²) in [5.41, 5.74) is 6.00. The van der Waals surface area contributed by atoms with E-state index in [9.17, 15) is 9.59 Å². The molecule has 2 aromatic carbocycles. The highest BCUT2D eigenvalue weighted by Gasteiger charge is 2.37. The normalized spacial score (nSPS) is 17.7. The number of anilines is 2. The van der Waals surface area contributed by atoms with Crippen LogP contribution in [0.5, 0.6) is 0 Å². The van der Waals surface area contributed by atoms with Crippen LogP contribution < -0.4 is 10.6 Å². The molecule has 2 amide bonds. The molecule has 0 spiro atoms. The van der Waals surface area contributed by atoms with Crippen LogP contribution in [0, 0.1) is 13.8 Å². The number of carbonyl (C=O) groups excluding carboxylic acids is 2. The number of nitrogens with zero attached hydrogens (tertiary/aromatic N) is 2. The fourth-order valence-electron chi connectivity index (χ4n) is 4.33. The van der Waals surface area contributed by atoms with E-state index in [0.717, 1.165) is 52.0 Å². The molecule has 1 fully saturated rings. The van der Waals surface area contributed by atoms with E-state index >= 15 is 0 Å². The third-order valence-corrected chi connectivity index (χ3v) is 7.00. The van der Waals surface area contributed by atoms with Crippen LogP contribution in [-0.4, -0.2) is 47.9 Å². The van der Waals surface area contributed by atoms with Crippen molar-refractivity contribution >= 4 is 40.1 Å². The van der Waals surface area contributed by atoms with Crippen molar-refractivity contribution in [1.82, 2.24) is 4.90 Å². The van der Waals surface area contributed by atoms with E-state index in [2.05, 4.69) is 21.6 Å². The second-order valence-corrected chi connectivity index (χ2v) is 9.63. The molecular formula is C26H30N4O3S. The van der Waals surface area contributed by atoms with E-state index in [4.69, 9.17) is 9.73 Å². The summed E-state index contributed by atoms with van der Waals surface area (Å²) in [7, 11) is 1.49. The van der Waals surface area contributed by atoms with Crippen molar-refractivity contribution in [2.75, 3.05) is 36.6 Å². The van der Waals surface area contributed by atoms with Gasteiger partial charge in [0.05, 0.1) is 17.3 Å². The van der Waals surface area contributed by atoms with Crippen LogP contribution in [0.2, 0.25) is 0 Å². The summed E-state index contributed by atoms with van der Waals surface area (Å²) >= 11 is 1.73. The van der Waals surface area contributed by atoms with Crippen LogP contribution in [0.3, 0.4) is 0 Å². The molecule has 178 valence electrons. The molecule has 2 aromatic rings. The highest BCUT2D eigenvalue weighted by atomic mass is 32.2. The second-order valence-electron chi connectivity index (χ2n) is 8.57. The van der Waals surface area contributed by atoms with Gasteiger partial charge in [0.2, 0.25) is 5.91 Å². The average molecular weight is 479 g/mol. The number of methoxy groups -OCH3 is 1. The van der Waals surface area contributed by atoms with Gasteiger partial charge in [0, 0.05) is 30.8 Å². The lowest BCUT2D eigenvalue weighted by Crippen LogP contribution is -2.43. The van der Waals surface area contributed by atoms with Crippen molar-refractivity contribution in [2.24, 2.45) is 4.99 Å². The fourth-order valence-corrected chi connectivity index (χ4v) is 5.35. The largest absolute Gasteiger partial charge is 0.375 e. The van der Waals surface area contributed by atoms with Gasteiger partial charge in [0.15, 0.2) is 5.17 Å². The van der Waals surface area contributed by atoms with Crippen molar-refractivity contribution in [2.45, 2.75) is 33.2 Å². The zero-order valence-corrected chi connectivity index (χ0v) is 20.8. The quantitative estimate of drug-likeness (QED) is 0.632. The van der Waals surface area contributed by atoms with Gasteiger partial charge in [-0.25, -0.2) is 4.99 Å². The minimum Gasteiger partial charge on any atom is -0.375 e. The number of aliphatic imine (C=N–C) groups is 1. The molecule has 2 N–H and O–H groups in total. The molecule has 1 atom stereocenters. The van der Waals surface area contributed by atoms with Crippen molar-refractivity contribution in [3.05, 3.63) is 70.4 Å². The topological polar surface area (TPSA) is 83.0 Å². The summed E-state index contributed by atoms with van der Waals surface area (Å²) in [6, 6.07) is 13.4. The Kier molecular flexibility index (Phi) is 7.38. The van der Waals surface area contributed by atoms with Crippen molar-refractivity contribution in [3.63, 3.8) is 0 Å². The van der Waals surface area contributed by atoms with Crippen molar-refractivity contribution < 1.29 is 14.3 Å². The van der Waals surface area contributed by atoms with Gasteiger partial charge in [-0.05, 0) is 56.5 Å². The standard InChI is InChI=1S/C26H30N4O3S/c1-16-6-11-21(17(2)14-16)29-25(32)23-18(3)27-26-30(12-5-13-34-26)24(23)19-7-9-20(10-8-19)28-22(31)15-33-4/h6-11,14,24H,5,12-13,15H2,1-4H3,(H,28,31)(H,29,32). The number of amides is 2. The summed E-state index contributed by atoms with van der Waals surface area (Å²) < 4.78 is 4.89. The number of benzene rings is 2. The van der Waals surface area contributed by atoms with Gasteiger partial charge in [-0.3, -0.25) is 9.59 Å². The van der Waals surface area contributed by atoms with Gasteiger partial charge >= 0.3 is 0 Å². The SMILES string of the molecule is COCC(=O)Nc1ccc(C2C(C(=O)Nc3ccc(C)cc3C)=C(C)N=C3SCCCN32)cc1. The van der Waals surface area contributed by atoms with Crippen LogP contribution in [-0.2, 0) is 14.3 Å². The molecule has 2 heterocycles. The van der Waals surface area contributed by atoms with Crippen LogP contribution in [0.4, 0.5) is 11.4 Å². The van der Waals surface area contributed by atoms with Gasteiger partial charge in [0.1, 0.15) is 6.61 Å². The number of aryl methyl sites for hydroxylation is 2. The molecule has 0 saturated carbocycles. The van der Waals surface area contributed by atoms with Gasteiger partial charge < -0.3 is 20.3 Å². The van der Waals surface area contributed by atoms with Crippen molar-refractivity contribution in [1.29, 1.82) is 0 Å². The first kappa shape index (κ1) is 24.0. The Hall–Kier alpha value is -3.10. The number of hydrogen-bond acceptors (Lipinski definition) is 6. The molecule has 4 rings (SSSR count). The molecule has 1 unspecified atom stereocenters. The molecule has 34 heavy (non-hydrogen) atoms. The number of ether oxygens (including phenoxy) is 1. The lowest BCUT2D eigenvalue weighted by molar-refractivity contribution is -0.119. The number of hydrogen-bond donors (Lipinski definition) is 2. The number of carbonyl (C=O) groups is 2. The number of fused-ring (bicyclic) bond motifs is 1. The first-order chi connectivity index (χ1) is 16.4. The summed E-state index contributed by atoms with van der Waals surface area (Å²) in [6.07, 6.45) is 1.02. The number of allylic oxidation sites excluding steroid dienone is 1. The molecule has 0 radical (unpaired) electrons.